The Hall–Kier alpha value is -1.24. The first-order chi connectivity index (χ1) is 12.9. The van der Waals surface area contributed by atoms with Crippen molar-refractivity contribution in [2.24, 2.45) is 0 Å². The second-order valence-electron chi connectivity index (χ2n) is 10.0. The van der Waals surface area contributed by atoms with Crippen LogP contribution in [0.3, 0.4) is 0 Å². The van der Waals surface area contributed by atoms with Gasteiger partial charge in [-0.25, -0.2) is 4.79 Å². The van der Waals surface area contributed by atoms with Crippen LogP contribution in [-0.2, 0) is 27.9 Å². The average Bonchev–Trinajstić information content (AvgIpc) is 2.87. The first-order valence-corrected chi connectivity index (χ1v) is 11.3. The fourth-order valence-electron chi connectivity index (χ4n) is 4.28. The number of ether oxygens (including phenoxy) is 1. The fraction of sp³-hybridized carbons (Fsp3) is 0.682. The van der Waals surface area contributed by atoms with Gasteiger partial charge in [-0.3, -0.25) is 0 Å². The zero-order chi connectivity index (χ0) is 20.7. The molecule has 1 amide bonds. The number of hydrogen-bond acceptors (Lipinski definition) is 4. The number of piperidine rings is 1. The third-order valence-corrected chi connectivity index (χ3v) is 7.37. The van der Waals surface area contributed by atoms with Crippen LogP contribution >= 0.6 is 0 Å². The molecule has 0 unspecified atom stereocenters. The summed E-state index contributed by atoms with van der Waals surface area (Å²) < 4.78 is 21.5. The van der Waals surface area contributed by atoms with Crippen LogP contribution in [0.5, 0.6) is 0 Å². The number of rotatable bonds is 2. The quantitative estimate of drug-likeness (QED) is 0.756. The minimum Gasteiger partial charge on any atom is -0.598 e. The predicted molar refractivity (Wildman–Crippen MR) is 114 cm³/mol. The minimum absolute atomic E-state index is 0.0873. The predicted octanol–water partition coefficient (Wildman–Crippen LogP) is 3.93. The van der Waals surface area contributed by atoms with Crippen molar-refractivity contribution in [2.45, 2.75) is 82.6 Å². The van der Waals surface area contributed by atoms with Crippen LogP contribution in [0.2, 0.25) is 0 Å². The molecule has 1 spiro atoms. The van der Waals surface area contributed by atoms with E-state index in [0.29, 0.717) is 13.1 Å². The van der Waals surface area contributed by atoms with E-state index < -0.39 is 17.0 Å². The lowest BCUT2D eigenvalue weighted by Crippen LogP contribution is -2.56. The van der Waals surface area contributed by atoms with Crippen LogP contribution in [0.1, 0.15) is 65.5 Å². The van der Waals surface area contributed by atoms with Crippen molar-refractivity contribution < 1.29 is 14.1 Å². The number of carbonyl (C=O) groups excluding carboxylic acids is 1. The normalized spacial score (nSPS) is 22.8. The molecule has 0 radical (unpaired) electrons. The van der Waals surface area contributed by atoms with Crippen molar-refractivity contribution in [3.63, 3.8) is 0 Å². The lowest BCUT2D eigenvalue weighted by Gasteiger charge is -2.44. The molecule has 0 aromatic heterocycles. The van der Waals surface area contributed by atoms with E-state index in [1.807, 2.05) is 46.4 Å². The lowest BCUT2D eigenvalue weighted by atomic mass is 9.71. The zero-order valence-corrected chi connectivity index (χ0v) is 18.8. The summed E-state index contributed by atoms with van der Waals surface area (Å²) in [6, 6.07) is 8.67. The Balaban J connectivity index is 1.80. The summed E-state index contributed by atoms with van der Waals surface area (Å²) in [7, 11) is 0. The van der Waals surface area contributed by atoms with Crippen LogP contribution in [0.15, 0.2) is 24.3 Å². The average molecular weight is 407 g/mol. The number of amides is 1. The Morgan fingerprint density at radius 3 is 2.36 bits per heavy atom. The van der Waals surface area contributed by atoms with Crippen LogP contribution < -0.4 is 4.72 Å². The van der Waals surface area contributed by atoms with Gasteiger partial charge in [0.25, 0.3) is 0 Å². The number of likely N-dealkylation sites (tertiary alicyclic amines) is 1. The Kier molecular flexibility index (Phi) is 5.78. The van der Waals surface area contributed by atoms with Crippen molar-refractivity contribution in [3.8, 4) is 0 Å². The van der Waals surface area contributed by atoms with Crippen molar-refractivity contribution in [1.82, 2.24) is 9.62 Å². The van der Waals surface area contributed by atoms with E-state index in [4.69, 9.17) is 4.74 Å². The van der Waals surface area contributed by atoms with Crippen LogP contribution in [-0.4, -0.2) is 45.0 Å². The molecule has 2 aliphatic rings. The lowest BCUT2D eigenvalue weighted by molar-refractivity contribution is 0.0152. The topological polar surface area (TPSA) is 64.6 Å². The largest absolute Gasteiger partial charge is 0.598 e. The van der Waals surface area contributed by atoms with E-state index in [2.05, 4.69) is 29.0 Å². The van der Waals surface area contributed by atoms with Crippen molar-refractivity contribution in [2.75, 3.05) is 13.1 Å². The molecule has 5 nitrogen and oxygen atoms in total. The Morgan fingerprint density at radius 2 is 1.79 bits per heavy atom. The molecular formula is C22H34N2O3S. The summed E-state index contributed by atoms with van der Waals surface area (Å²) in [6.07, 6.45) is 2.34. The maximum Gasteiger partial charge on any atom is 0.410 e. The molecule has 6 heteroatoms. The maximum atomic E-state index is 12.8. The van der Waals surface area contributed by atoms with Gasteiger partial charge in [-0.2, -0.15) is 0 Å². The number of nitrogens with one attached hydrogen (secondary N) is 1. The highest BCUT2D eigenvalue weighted by Crippen LogP contribution is 2.47. The van der Waals surface area contributed by atoms with E-state index in [-0.39, 0.29) is 22.3 Å². The number of nitrogens with zero attached hydrogens (tertiary/aromatic N) is 1. The first kappa shape index (κ1) is 21.5. The molecule has 1 aliphatic heterocycles. The van der Waals surface area contributed by atoms with E-state index >= 15 is 0 Å². The highest BCUT2D eigenvalue weighted by molar-refractivity contribution is 7.90. The SMILES string of the molecule is CC(C)(C)OC(=O)N1CCC2(CC1)c1ccccc1C[C@H]2N[S@+]([O-])C(C)(C)C. The smallest absolute Gasteiger partial charge is 0.410 e. The van der Waals surface area contributed by atoms with Gasteiger partial charge in [-0.05, 0) is 71.9 Å². The molecule has 1 aliphatic carbocycles. The van der Waals surface area contributed by atoms with Gasteiger partial charge in [0.15, 0.2) is 0 Å². The Labute approximate surface area is 172 Å². The first-order valence-electron chi connectivity index (χ1n) is 10.2. The summed E-state index contributed by atoms with van der Waals surface area (Å²) in [5, 5.41) is 0. The van der Waals surface area contributed by atoms with E-state index in [1.165, 1.54) is 11.1 Å². The van der Waals surface area contributed by atoms with Crippen LogP contribution in [0, 0.1) is 0 Å². The molecule has 0 saturated carbocycles. The van der Waals surface area contributed by atoms with E-state index in [1.54, 1.807) is 0 Å². The van der Waals surface area contributed by atoms with Crippen LogP contribution in [0.4, 0.5) is 4.79 Å². The Bertz CT molecular complexity index is 715. The zero-order valence-electron chi connectivity index (χ0n) is 18.0. The van der Waals surface area contributed by atoms with Crippen molar-refractivity contribution in [3.05, 3.63) is 35.4 Å². The molecular weight excluding hydrogens is 372 g/mol. The summed E-state index contributed by atoms with van der Waals surface area (Å²) >= 11 is -1.13. The molecule has 28 heavy (non-hydrogen) atoms. The highest BCUT2D eigenvalue weighted by atomic mass is 32.2. The van der Waals surface area contributed by atoms with Gasteiger partial charge in [-0.15, -0.1) is 4.72 Å². The van der Waals surface area contributed by atoms with Crippen LogP contribution in [0.25, 0.3) is 0 Å². The van der Waals surface area contributed by atoms with Gasteiger partial charge in [0.1, 0.15) is 10.3 Å². The summed E-state index contributed by atoms with van der Waals surface area (Å²) in [6.45, 7) is 13.0. The van der Waals surface area contributed by atoms with E-state index in [9.17, 15) is 9.35 Å². The van der Waals surface area contributed by atoms with E-state index in [0.717, 1.165) is 19.3 Å². The summed E-state index contributed by atoms with van der Waals surface area (Å²) in [4.78, 5) is 14.3. The summed E-state index contributed by atoms with van der Waals surface area (Å²) in [5.74, 6) is 0. The molecule has 1 heterocycles. The number of hydrogen-bond donors (Lipinski definition) is 1. The van der Waals surface area contributed by atoms with Gasteiger partial charge < -0.3 is 14.2 Å². The highest BCUT2D eigenvalue weighted by Gasteiger charge is 2.51. The molecule has 3 rings (SSSR count). The molecule has 156 valence electrons. The molecule has 1 aromatic carbocycles. The second kappa shape index (κ2) is 7.54. The summed E-state index contributed by atoms with van der Waals surface area (Å²) in [5.41, 5.74) is 2.11. The van der Waals surface area contributed by atoms with Gasteiger partial charge >= 0.3 is 6.09 Å². The van der Waals surface area contributed by atoms with Gasteiger partial charge in [-0.1, -0.05) is 24.3 Å². The molecule has 1 aromatic rings. The molecule has 1 fully saturated rings. The third kappa shape index (κ3) is 4.34. The molecule has 1 saturated heterocycles. The van der Waals surface area contributed by atoms with Gasteiger partial charge in [0.2, 0.25) is 0 Å². The molecule has 2 atom stereocenters. The second-order valence-corrected chi connectivity index (χ2v) is 12.0. The van der Waals surface area contributed by atoms with Gasteiger partial charge in [0, 0.05) is 29.9 Å². The van der Waals surface area contributed by atoms with Gasteiger partial charge in [0.05, 0.1) is 6.04 Å². The minimum atomic E-state index is -1.13. The Morgan fingerprint density at radius 1 is 1.18 bits per heavy atom. The van der Waals surface area contributed by atoms with Crippen molar-refractivity contribution in [1.29, 1.82) is 0 Å². The number of fused-ring (bicyclic) bond motifs is 2. The monoisotopic (exact) mass is 406 g/mol. The standard InChI is InChI=1S/C22H34N2O3S/c1-20(2,3)27-19(25)24-13-11-22(12-14-24)17-10-8-7-9-16(17)15-18(22)23-28(26)21(4,5)6/h7-10,18,23H,11-15H2,1-6H3/t18-,28-/m1/s1. The van der Waals surface area contributed by atoms with Crippen molar-refractivity contribution >= 4 is 17.5 Å². The third-order valence-electron chi connectivity index (χ3n) is 5.76. The molecule has 1 N–H and O–H groups in total. The fourth-order valence-corrected chi connectivity index (χ4v) is 5.20. The number of carbonyl (C=O) groups is 1. The maximum absolute atomic E-state index is 12.8. The molecule has 0 bridgehead atoms. The number of benzene rings is 1.